The fourth-order valence-corrected chi connectivity index (χ4v) is 2.71. The molecular formula is C12H22O. The lowest BCUT2D eigenvalue weighted by atomic mass is 9.68. The van der Waals surface area contributed by atoms with E-state index < -0.39 is 0 Å². The summed E-state index contributed by atoms with van der Waals surface area (Å²) in [7, 11) is 0. The summed E-state index contributed by atoms with van der Waals surface area (Å²) in [5.41, 5.74) is 0. The maximum absolute atomic E-state index is 11.8. The molecule has 1 aliphatic carbocycles. The summed E-state index contributed by atoms with van der Waals surface area (Å²) in [5, 5.41) is 0. The summed E-state index contributed by atoms with van der Waals surface area (Å²) < 4.78 is 0. The average molecular weight is 182 g/mol. The average Bonchev–Trinajstić information content (AvgIpc) is 2.02. The van der Waals surface area contributed by atoms with Crippen molar-refractivity contribution in [1.29, 1.82) is 0 Å². The molecule has 0 heterocycles. The third-order valence-corrected chi connectivity index (χ3v) is 3.37. The number of hydrogen-bond donors (Lipinski definition) is 0. The Labute approximate surface area is 81.9 Å². The zero-order chi connectivity index (χ0) is 10.0. The van der Waals surface area contributed by atoms with Gasteiger partial charge in [0.1, 0.15) is 5.78 Å². The van der Waals surface area contributed by atoms with Gasteiger partial charge in [-0.3, -0.25) is 4.79 Å². The predicted octanol–water partition coefficient (Wildman–Crippen LogP) is 3.28. The molecule has 0 spiro atoms. The Morgan fingerprint density at radius 3 is 2.15 bits per heavy atom. The first-order chi connectivity index (χ1) is 6.04. The minimum Gasteiger partial charge on any atom is -0.299 e. The van der Waals surface area contributed by atoms with Gasteiger partial charge >= 0.3 is 0 Å². The Morgan fingerprint density at radius 1 is 1.15 bits per heavy atom. The molecule has 13 heavy (non-hydrogen) atoms. The molecule has 0 aromatic carbocycles. The molecule has 0 bridgehead atoms. The van der Waals surface area contributed by atoms with Crippen LogP contribution in [0.1, 0.15) is 47.0 Å². The molecule has 0 radical (unpaired) electrons. The minimum absolute atomic E-state index is 0.341. The summed E-state index contributed by atoms with van der Waals surface area (Å²) in [5.74, 6) is 2.69. The van der Waals surface area contributed by atoms with Crippen LogP contribution in [0.4, 0.5) is 0 Å². The van der Waals surface area contributed by atoms with Crippen LogP contribution in [0.3, 0.4) is 0 Å². The first-order valence-electron chi connectivity index (χ1n) is 5.56. The number of ketones is 1. The molecule has 2 unspecified atom stereocenters. The molecule has 0 amide bonds. The van der Waals surface area contributed by atoms with Gasteiger partial charge in [-0.25, -0.2) is 0 Å². The van der Waals surface area contributed by atoms with Crippen molar-refractivity contribution in [3.63, 3.8) is 0 Å². The fraction of sp³-hybridized carbons (Fsp3) is 0.917. The van der Waals surface area contributed by atoms with Crippen molar-refractivity contribution in [3.05, 3.63) is 0 Å². The van der Waals surface area contributed by atoms with E-state index in [1.54, 1.807) is 0 Å². The van der Waals surface area contributed by atoms with Crippen LogP contribution in [0, 0.1) is 23.7 Å². The van der Waals surface area contributed by atoms with Crippen LogP contribution in [0.5, 0.6) is 0 Å². The lowest BCUT2D eigenvalue weighted by Gasteiger charge is -2.35. The third-order valence-electron chi connectivity index (χ3n) is 3.37. The van der Waals surface area contributed by atoms with Crippen LogP contribution in [-0.2, 0) is 4.79 Å². The smallest absolute Gasteiger partial charge is 0.136 e. The molecule has 1 aliphatic rings. The van der Waals surface area contributed by atoms with Gasteiger partial charge < -0.3 is 0 Å². The highest BCUT2D eigenvalue weighted by Crippen LogP contribution is 2.36. The Morgan fingerprint density at radius 2 is 1.77 bits per heavy atom. The monoisotopic (exact) mass is 182 g/mol. The lowest BCUT2D eigenvalue weighted by Crippen LogP contribution is -2.35. The number of rotatable bonds is 2. The van der Waals surface area contributed by atoms with E-state index in [0.717, 1.165) is 12.8 Å². The van der Waals surface area contributed by atoms with Gasteiger partial charge in [0.05, 0.1) is 0 Å². The van der Waals surface area contributed by atoms with Crippen molar-refractivity contribution >= 4 is 5.78 Å². The standard InChI is InChI=1S/C12H22O/c1-8(2)10-6-5-7-11(13)12(10)9(3)4/h8-10,12H,5-7H2,1-4H3. The topological polar surface area (TPSA) is 17.1 Å². The predicted molar refractivity (Wildman–Crippen MR) is 55.5 cm³/mol. The van der Waals surface area contributed by atoms with Gasteiger partial charge in [-0.05, 0) is 30.6 Å². The number of carbonyl (C=O) groups is 1. The Balaban J connectivity index is 2.74. The van der Waals surface area contributed by atoms with Gasteiger partial charge in [-0.15, -0.1) is 0 Å². The minimum atomic E-state index is 0.341. The summed E-state index contributed by atoms with van der Waals surface area (Å²) in [4.78, 5) is 11.8. The van der Waals surface area contributed by atoms with Crippen LogP contribution in [0.25, 0.3) is 0 Å². The van der Waals surface area contributed by atoms with Crippen molar-refractivity contribution in [1.82, 2.24) is 0 Å². The van der Waals surface area contributed by atoms with E-state index in [1.807, 2.05) is 0 Å². The zero-order valence-electron chi connectivity index (χ0n) is 9.34. The number of hydrogen-bond acceptors (Lipinski definition) is 1. The van der Waals surface area contributed by atoms with Crippen molar-refractivity contribution in [2.45, 2.75) is 47.0 Å². The quantitative estimate of drug-likeness (QED) is 0.640. The number of carbonyl (C=O) groups excluding carboxylic acids is 1. The van der Waals surface area contributed by atoms with E-state index in [-0.39, 0.29) is 0 Å². The highest BCUT2D eigenvalue weighted by Gasteiger charge is 2.35. The van der Waals surface area contributed by atoms with Crippen LogP contribution in [0.2, 0.25) is 0 Å². The normalized spacial score (nSPS) is 30.2. The molecule has 0 aliphatic heterocycles. The van der Waals surface area contributed by atoms with E-state index in [0.29, 0.717) is 29.5 Å². The first-order valence-corrected chi connectivity index (χ1v) is 5.56. The summed E-state index contributed by atoms with van der Waals surface area (Å²) >= 11 is 0. The molecule has 1 fully saturated rings. The van der Waals surface area contributed by atoms with E-state index >= 15 is 0 Å². The fourth-order valence-electron chi connectivity index (χ4n) is 2.71. The first kappa shape index (κ1) is 10.7. The van der Waals surface area contributed by atoms with Gasteiger partial charge in [0.25, 0.3) is 0 Å². The molecule has 0 aromatic rings. The molecule has 76 valence electrons. The highest BCUT2D eigenvalue weighted by atomic mass is 16.1. The van der Waals surface area contributed by atoms with E-state index in [9.17, 15) is 4.79 Å². The van der Waals surface area contributed by atoms with Gasteiger partial charge in [0.15, 0.2) is 0 Å². The van der Waals surface area contributed by atoms with Crippen molar-refractivity contribution in [3.8, 4) is 0 Å². The summed E-state index contributed by atoms with van der Waals surface area (Å²) in [6.45, 7) is 8.86. The third kappa shape index (κ3) is 2.32. The second-order valence-corrected chi connectivity index (χ2v) is 5.04. The molecular weight excluding hydrogens is 160 g/mol. The molecule has 0 saturated heterocycles. The van der Waals surface area contributed by atoms with Crippen molar-refractivity contribution in [2.24, 2.45) is 23.7 Å². The van der Waals surface area contributed by atoms with E-state index in [2.05, 4.69) is 27.7 Å². The molecule has 1 rings (SSSR count). The van der Waals surface area contributed by atoms with Gasteiger partial charge in [0, 0.05) is 12.3 Å². The van der Waals surface area contributed by atoms with E-state index in [4.69, 9.17) is 0 Å². The van der Waals surface area contributed by atoms with Gasteiger partial charge in [-0.1, -0.05) is 27.7 Å². The number of Topliss-reactive ketones (excluding diaryl/α,β-unsaturated/α-hetero) is 1. The van der Waals surface area contributed by atoms with Crippen LogP contribution < -0.4 is 0 Å². The van der Waals surface area contributed by atoms with Gasteiger partial charge in [-0.2, -0.15) is 0 Å². The largest absolute Gasteiger partial charge is 0.299 e. The summed E-state index contributed by atoms with van der Waals surface area (Å²) in [6, 6.07) is 0. The molecule has 1 nitrogen and oxygen atoms in total. The maximum atomic E-state index is 11.8. The zero-order valence-corrected chi connectivity index (χ0v) is 9.34. The van der Waals surface area contributed by atoms with Crippen LogP contribution in [-0.4, -0.2) is 5.78 Å². The molecule has 1 heteroatoms. The molecule has 0 aromatic heterocycles. The second kappa shape index (κ2) is 4.26. The Kier molecular flexibility index (Phi) is 3.52. The molecule has 0 N–H and O–H groups in total. The highest BCUT2D eigenvalue weighted by molar-refractivity contribution is 5.82. The molecule has 1 saturated carbocycles. The van der Waals surface area contributed by atoms with Crippen LogP contribution >= 0.6 is 0 Å². The summed E-state index contributed by atoms with van der Waals surface area (Å²) in [6.07, 6.45) is 3.20. The lowest BCUT2D eigenvalue weighted by molar-refractivity contribution is -0.129. The van der Waals surface area contributed by atoms with Crippen LogP contribution in [0.15, 0.2) is 0 Å². The SMILES string of the molecule is CC(C)C1CCCC(=O)C1C(C)C. The van der Waals surface area contributed by atoms with Crippen molar-refractivity contribution in [2.75, 3.05) is 0 Å². The molecule has 2 atom stereocenters. The van der Waals surface area contributed by atoms with Gasteiger partial charge in [0.2, 0.25) is 0 Å². The van der Waals surface area contributed by atoms with E-state index in [1.165, 1.54) is 6.42 Å². The Hall–Kier alpha value is -0.330. The maximum Gasteiger partial charge on any atom is 0.136 e. The second-order valence-electron chi connectivity index (χ2n) is 5.04. The Bertz CT molecular complexity index is 182. The van der Waals surface area contributed by atoms with Crippen molar-refractivity contribution < 1.29 is 4.79 Å².